The zero-order chi connectivity index (χ0) is 24.0. The second-order valence-electron chi connectivity index (χ2n) is 8.83. The van der Waals surface area contributed by atoms with Crippen LogP contribution in [0.2, 0.25) is 0 Å². The summed E-state index contributed by atoms with van der Waals surface area (Å²) in [6, 6.07) is 11.1. The molecule has 176 valence electrons. The number of carbonyl (C=O) groups excluding carboxylic acids is 3. The summed E-state index contributed by atoms with van der Waals surface area (Å²) in [6.45, 7) is 5.85. The Bertz CT molecular complexity index is 1220. The number of nitrogens with zero attached hydrogens (tertiary/aromatic N) is 3. The normalized spacial score (nSPS) is 21.6. The number of piperazine rings is 1. The second kappa shape index (κ2) is 8.16. The van der Waals surface area contributed by atoms with Gasteiger partial charge in [-0.15, -0.1) is 0 Å². The van der Waals surface area contributed by atoms with Gasteiger partial charge in [0.15, 0.2) is 17.1 Å². The Hall–Kier alpha value is -3.88. The van der Waals surface area contributed by atoms with Gasteiger partial charge in [0, 0.05) is 24.1 Å². The van der Waals surface area contributed by atoms with Crippen molar-refractivity contribution in [3.05, 3.63) is 58.7 Å². The summed E-state index contributed by atoms with van der Waals surface area (Å²) in [7, 11) is 0. The summed E-state index contributed by atoms with van der Waals surface area (Å²) in [4.78, 5) is 45.8. The Morgan fingerprint density at radius 1 is 1.06 bits per heavy atom. The van der Waals surface area contributed by atoms with Gasteiger partial charge in [0.1, 0.15) is 13.1 Å². The molecule has 9 heteroatoms. The molecule has 0 aromatic heterocycles. The standard InChI is InChI=1S/C25H25N3O6/c1-4-28-22(29)12-27(13-23(28)30)24(31)18-7-5-16(9-15(18)2)19-11-25(3,34-26-19)17-6-8-20-21(10-17)33-14-32-20/h5-10H,4,11-14H2,1-3H3. The number of benzene rings is 2. The predicted molar refractivity (Wildman–Crippen MR) is 122 cm³/mol. The molecule has 0 spiro atoms. The first kappa shape index (κ1) is 21.9. The van der Waals surface area contributed by atoms with Gasteiger partial charge >= 0.3 is 0 Å². The first-order valence-corrected chi connectivity index (χ1v) is 11.2. The SMILES string of the molecule is CCN1C(=O)CN(C(=O)c2ccc(C3=NOC(C)(c4ccc5c(c4)OCO5)C3)cc2C)CC1=O. The molecule has 3 aliphatic heterocycles. The predicted octanol–water partition coefficient (Wildman–Crippen LogP) is 2.59. The molecule has 3 aliphatic rings. The summed E-state index contributed by atoms with van der Waals surface area (Å²) in [6.07, 6.45) is 0.543. The first-order chi connectivity index (χ1) is 16.3. The molecule has 0 radical (unpaired) electrons. The highest BCUT2D eigenvalue weighted by Crippen LogP contribution is 2.41. The highest BCUT2D eigenvalue weighted by atomic mass is 16.7. The third kappa shape index (κ3) is 3.67. The zero-order valence-corrected chi connectivity index (χ0v) is 19.3. The third-order valence-corrected chi connectivity index (χ3v) is 6.49. The van der Waals surface area contributed by atoms with Crippen LogP contribution in [0.25, 0.3) is 0 Å². The lowest BCUT2D eigenvalue weighted by Crippen LogP contribution is -2.55. The minimum absolute atomic E-state index is 0.103. The van der Waals surface area contributed by atoms with Crippen molar-refractivity contribution >= 4 is 23.4 Å². The lowest BCUT2D eigenvalue weighted by Gasteiger charge is -2.32. The number of imide groups is 1. The van der Waals surface area contributed by atoms with E-state index in [-0.39, 0.29) is 37.6 Å². The van der Waals surface area contributed by atoms with Gasteiger partial charge in [-0.2, -0.15) is 0 Å². The number of likely N-dealkylation sites (N-methyl/N-ethyl adjacent to an activating group) is 1. The Labute approximate surface area is 196 Å². The zero-order valence-electron chi connectivity index (χ0n) is 19.3. The van der Waals surface area contributed by atoms with Crippen molar-refractivity contribution in [1.29, 1.82) is 0 Å². The number of aryl methyl sites for hydroxylation is 1. The van der Waals surface area contributed by atoms with Crippen LogP contribution in [-0.4, -0.2) is 59.7 Å². The van der Waals surface area contributed by atoms with E-state index >= 15 is 0 Å². The highest BCUT2D eigenvalue weighted by molar-refractivity contribution is 6.07. The van der Waals surface area contributed by atoms with Crippen molar-refractivity contribution in [2.75, 3.05) is 26.4 Å². The molecule has 0 N–H and O–H groups in total. The summed E-state index contributed by atoms with van der Waals surface area (Å²) in [5, 5.41) is 4.33. The van der Waals surface area contributed by atoms with E-state index in [1.54, 1.807) is 13.0 Å². The van der Waals surface area contributed by atoms with E-state index in [1.165, 1.54) is 9.80 Å². The molecule has 1 unspecified atom stereocenters. The van der Waals surface area contributed by atoms with Gasteiger partial charge < -0.3 is 19.2 Å². The Morgan fingerprint density at radius 3 is 2.50 bits per heavy atom. The number of rotatable bonds is 4. The molecule has 1 saturated heterocycles. The van der Waals surface area contributed by atoms with Gasteiger partial charge in [0.25, 0.3) is 5.91 Å². The smallest absolute Gasteiger partial charge is 0.255 e. The molecule has 0 saturated carbocycles. The molecule has 0 aliphatic carbocycles. The molecule has 34 heavy (non-hydrogen) atoms. The van der Waals surface area contributed by atoms with E-state index in [9.17, 15) is 14.4 Å². The van der Waals surface area contributed by atoms with Crippen molar-refractivity contribution in [3.63, 3.8) is 0 Å². The van der Waals surface area contributed by atoms with Crippen LogP contribution in [0.4, 0.5) is 0 Å². The maximum Gasteiger partial charge on any atom is 0.255 e. The van der Waals surface area contributed by atoms with Gasteiger partial charge in [-0.3, -0.25) is 19.3 Å². The van der Waals surface area contributed by atoms with E-state index < -0.39 is 5.60 Å². The number of hydrogen-bond donors (Lipinski definition) is 0. The number of carbonyl (C=O) groups is 3. The lowest BCUT2D eigenvalue weighted by molar-refractivity contribution is -0.149. The molecule has 0 bridgehead atoms. The van der Waals surface area contributed by atoms with Crippen LogP contribution in [0.3, 0.4) is 0 Å². The fraction of sp³-hybridized carbons (Fsp3) is 0.360. The monoisotopic (exact) mass is 463 g/mol. The van der Waals surface area contributed by atoms with Crippen LogP contribution in [0.5, 0.6) is 11.5 Å². The molecule has 1 fully saturated rings. The summed E-state index contributed by atoms with van der Waals surface area (Å²) in [5.41, 5.74) is 3.08. The fourth-order valence-corrected chi connectivity index (χ4v) is 4.52. The number of hydrogen-bond acceptors (Lipinski definition) is 7. The van der Waals surface area contributed by atoms with Crippen LogP contribution in [0, 0.1) is 6.92 Å². The minimum atomic E-state index is -0.654. The third-order valence-electron chi connectivity index (χ3n) is 6.49. The Balaban J connectivity index is 1.32. The van der Waals surface area contributed by atoms with Crippen molar-refractivity contribution in [2.24, 2.45) is 5.16 Å². The average Bonchev–Trinajstić information content (AvgIpc) is 3.45. The quantitative estimate of drug-likeness (QED) is 0.647. The molecular formula is C25H25N3O6. The number of oxime groups is 1. The Morgan fingerprint density at radius 2 is 1.79 bits per heavy atom. The summed E-state index contributed by atoms with van der Waals surface area (Å²) >= 11 is 0. The van der Waals surface area contributed by atoms with Crippen molar-refractivity contribution in [3.8, 4) is 11.5 Å². The molecular weight excluding hydrogens is 438 g/mol. The molecule has 2 aromatic carbocycles. The molecule has 9 nitrogen and oxygen atoms in total. The average molecular weight is 463 g/mol. The minimum Gasteiger partial charge on any atom is -0.454 e. The first-order valence-electron chi connectivity index (χ1n) is 11.2. The number of fused-ring (bicyclic) bond motifs is 1. The number of ether oxygens (including phenoxy) is 2. The summed E-state index contributed by atoms with van der Waals surface area (Å²) < 4.78 is 10.9. The van der Waals surface area contributed by atoms with Gasteiger partial charge in [-0.1, -0.05) is 17.3 Å². The van der Waals surface area contributed by atoms with Crippen LogP contribution >= 0.6 is 0 Å². The maximum absolute atomic E-state index is 13.0. The molecule has 2 aromatic rings. The van der Waals surface area contributed by atoms with Gasteiger partial charge in [-0.05, 0) is 56.2 Å². The van der Waals surface area contributed by atoms with Crippen molar-refractivity contribution in [2.45, 2.75) is 32.8 Å². The molecule has 3 amide bonds. The van der Waals surface area contributed by atoms with E-state index in [2.05, 4.69) is 5.16 Å². The summed E-state index contributed by atoms with van der Waals surface area (Å²) in [5.74, 6) is 0.340. The van der Waals surface area contributed by atoms with Crippen LogP contribution in [0.15, 0.2) is 41.6 Å². The van der Waals surface area contributed by atoms with Crippen molar-refractivity contribution in [1.82, 2.24) is 9.80 Å². The van der Waals surface area contributed by atoms with Crippen molar-refractivity contribution < 1.29 is 28.7 Å². The molecule has 5 rings (SSSR count). The van der Waals surface area contributed by atoms with E-state index in [4.69, 9.17) is 14.3 Å². The largest absolute Gasteiger partial charge is 0.454 e. The molecule has 3 heterocycles. The van der Waals surface area contributed by atoms with Gasteiger partial charge in [0.05, 0.1) is 5.71 Å². The topological polar surface area (TPSA) is 97.7 Å². The van der Waals surface area contributed by atoms with Crippen LogP contribution < -0.4 is 9.47 Å². The highest BCUT2D eigenvalue weighted by Gasteiger charge is 2.38. The van der Waals surface area contributed by atoms with Crippen LogP contribution in [0.1, 0.15) is 47.3 Å². The molecule has 1 atom stereocenters. The second-order valence-corrected chi connectivity index (χ2v) is 8.83. The van der Waals surface area contributed by atoms with E-state index in [1.807, 2.05) is 44.2 Å². The van der Waals surface area contributed by atoms with E-state index in [0.717, 1.165) is 22.4 Å². The maximum atomic E-state index is 13.0. The number of amides is 3. The Kier molecular flexibility index (Phi) is 5.27. The van der Waals surface area contributed by atoms with Crippen LogP contribution in [-0.2, 0) is 20.0 Å². The lowest BCUT2D eigenvalue weighted by atomic mass is 9.88. The van der Waals surface area contributed by atoms with E-state index in [0.29, 0.717) is 30.0 Å². The van der Waals surface area contributed by atoms with Gasteiger partial charge in [-0.25, -0.2) is 0 Å². The van der Waals surface area contributed by atoms with Gasteiger partial charge in [0.2, 0.25) is 18.6 Å². The fourth-order valence-electron chi connectivity index (χ4n) is 4.52.